The molecule has 2 fully saturated rings. The number of amides is 1. The first-order valence-corrected chi connectivity index (χ1v) is 8.51. The molecule has 21 heavy (non-hydrogen) atoms. The van der Waals surface area contributed by atoms with E-state index in [1.807, 2.05) is 12.2 Å². The van der Waals surface area contributed by atoms with Gasteiger partial charge in [-0.2, -0.15) is 0 Å². The molecule has 3 aliphatic rings. The lowest BCUT2D eigenvalue weighted by atomic mass is 9.92. The Labute approximate surface area is 126 Å². The van der Waals surface area contributed by atoms with E-state index in [0.29, 0.717) is 0 Å². The lowest BCUT2D eigenvalue weighted by Crippen LogP contribution is -2.33. The van der Waals surface area contributed by atoms with Crippen LogP contribution in [0.1, 0.15) is 6.42 Å². The molecule has 0 radical (unpaired) electrons. The first-order chi connectivity index (χ1) is 9.91. The molecule has 1 saturated heterocycles. The highest BCUT2D eigenvalue weighted by atomic mass is 35.5. The second-order valence-corrected chi connectivity index (χ2v) is 8.03. The zero-order valence-corrected chi connectivity index (χ0v) is 12.3. The van der Waals surface area contributed by atoms with Gasteiger partial charge in [0.1, 0.15) is 5.82 Å². The van der Waals surface area contributed by atoms with Crippen molar-refractivity contribution < 1.29 is 17.6 Å². The van der Waals surface area contributed by atoms with Crippen LogP contribution in [0, 0.1) is 23.6 Å². The molecule has 1 aromatic rings. The van der Waals surface area contributed by atoms with E-state index in [4.69, 9.17) is 11.6 Å². The number of anilines is 1. The second-order valence-electron chi connectivity index (χ2n) is 5.68. The molecule has 1 aliphatic heterocycles. The van der Waals surface area contributed by atoms with Gasteiger partial charge in [-0.1, -0.05) is 23.8 Å². The maximum absolute atomic E-state index is 13.2. The molecular formula is C14H11ClFNO3S. The highest BCUT2D eigenvalue weighted by molar-refractivity contribution is 7.94. The van der Waals surface area contributed by atoms with Gasteiger partial charge in [-0.05, 0) is 36.5 Å². The van der Waals surface area contributed by atoms with Gasteiger partial charge in [0.2, 0.25) is 15.9 Å². The number of carbonyl (C=O) groups excluding carboxylic acids is 1. The molecule has 4 rings (SSSR count). The molecule has 1 saturated carbocycles. The summed E-state index contributed by atoms with van der Waals surface area (Å²) in [4.78, 5) is 12.6. The SMILES string of the molecule is O=C1[C@H]2C3C=CC(C3)[C@H]2S(=O)(=O)N1c1ccc(F)c(Cl)c1. The standard InChI is InChI=1S/C14H11ClFNO3S/c15-10-6-9(3-4-11(10)16)17-14(18)12-7-1-2-8(5-7)13(12)21(17,19)20/h1-4,6-8,12-13H,5H2/t7?,8?,12-,13+/m0/s1. The molecule has 0 spiro atoms. The largest absolute Gasteiger partial charge is 0.273 e. The predicted molar refractivity (Wildman–Crippen MR) is 75.8 cm³/mol. The topological polar surface area (TPSA) is 54.5 Å². The fraction of sp³-hybridized carbons (Fsp3) is 0.357. The number of halogens is 2. The van der Waals surface area contributed by atoms with Crippen LogP contribution in [-0.4, -0.2) is 19.6 Å². The van der Waals surface area contributed by atoms with E-state index < -0.39 is 32.9 Å². The minimum absolute atomic E-state index is 0.0109. The molecule has 2 unspecified atom stereocenters. The first kappa shape index (κ1) is 13.3. The van der Waals surface area contributed by atoms with Gasteiger partial charge in [-0.3, -0.25) is 4.79 Å². The fourth-order valence-corrected chi connectivity index (χ4v) is 6.31. The summed E-state index contributed by atoms with van der Waals surface area (Å²) in [6.07, 6.45) is 4.54. The molecule has 110 valence electrons. The van der Waals surface area contributed by atoms with Crippen molar-refractivity contribution in [2.45, 2.75) is 11.7 Å². The van der Waals surface area contributed by atoms with Crippen molar-refractivity contribution in [3.8, 4) is 0 Å². The summed E-state index contributed by atoms with van der Waals surface area (Å²) in [5.74, 6) is -1.71. The number of fused-ring (bicyclic) bond motifs is 5. The summed E-state index contributed by atoms with van der Waals surface area (Å²) in [7, 11) is -3.78. The van der Waals surface area contributed by atoms with E-state index in [-0.39, 0.29) is 22.5 Å². The molecule has 0 N–H and O–H groups in total. The van der Waals surface area contributed by atoms with Gasteiger partial charge in [0.25, 0.3) is 0 Å². The van der Waals surface area contributed by atoms with Crippen LogP contribution in [0.25, 0.3) is 0 Å². The highest BCUT2D eigenvalue weighted by Crippen LogP contribution is 2.53. The smallest absolute Gasteiger partial charge is 0.246 e. The molecule has 2 aliphatic carbocycles. The summed E-state index contributed by atoms with van der Waals surface area (Å²) in [5, 5.41) is -0.891. The summed E-state index contributed by atoms with van der Waals surface area (Å²) in [5.41, 5.74) is 0.111. The van der Waals surface area contributed by atoms with Crippen LogP contribution in [-0.2, 0) is 14.8 Å². The number of allylic oxidation sites excluding steroid dienone is 2. The lowest BCUT2D eigenvalue weighted by Gasteiger charge is -2.19. The molecule has 0 aromatic heterocycles. The monoisotopic (exact) mass is 327 g/mol. The average Bonchev–Trinajstić information content (AvgIpc) is 3.07. The third-order valence-electron chi connectivity index (χ3n) is 4.61. The first-order valence-electron chi connectivity index (χ1n) is 6.62. The Hall–Kier alpha value is -1.40. The summed E-state index contributed by atoms with van der Waals surface area (Å²) >= 11 is 5.70. The second kappa shape index (κ2) is 4.08. The van der Waals surface area contributed by atoms with Crippen molar-refractivity contribution in [1.29, 1.82) is 0 Å². The van der Waals surface area contributed by atoms with Crippen LogP contribution in [0.4, 0.5) is 10.1 Å². The quantitative estimate of drug-likeness (QED) is 0.744. The zero-order chi connectivity index (χ0) is 14.9. The van der Waals surface area contributed by atoms with E-state index in [2.05, 4.69) is 0 Å². The third-order valence-corrected chi connectivity index (χ3v) is 7.13. The maximum Gasteiger partial charge on any atom is 0.246 e. The Bertz CT molecular complexity index is 791. The number of rotatable bonds is 1. The number of nitrogens with zero attached hydrogens (tertiary/aromatic N) is 1. The van der Waals surface area contributed by atoms with Gasteiger partial charge in [0.05, 0.1) is 21.9 Å². The van der Waals surface area contributed by atoms with Gasteiger partial charge in [0.15, 0.2) is 0 Å². The predicted octanol–water partition coefficient (Wildman–Crippen LogP) is 2.35. The van der Waals surface area contributed by atoms with Gasteiger partial charge < -0.3 is 0 Å². The Morgan fingerprint density at radius 2 is 1.95 bits per heavy atom. The Morgan fingerprint density at radius 3 is 2.62 bits per heavy atom. The minimum atomic E-state index is -3.78. The molecule has 4 atom stereocenters. The van der Waals surface area contributed by atoms with Crippen LogP contribution < -0.4 is 4.31 Å². The van der Waals surface area contributed by atoms with E-state index in [1.54, 1.807) is 0 Å². The minimum Gasteiger partial charge on any atom is -0.273 e. The van der Waals surface area contributed by atoms with Crippen LogP contribution in [0.5, 0.6) is 0 Å². The number of hydrogen-bond donors (Lipinski definition) is 0. The van der Waals surface area contributed by atoms with Crippen LogP contribution in [0.15, 0.2) is 30.4 Å². The number of sulfonamides is 1. The highest BCUT2D eigenvalue weighted by Gasteiger charge is 2.63. The van der Waals surface area contributed by atoms with Crippen molar-refractivity contribution in [3.05, 3.63) is 41.2 Å². The Balaban J connectivity index is 1.84. The summed E-state index contributed by atoms with van der Waals surface area (Å²) in [6.45, 7) is 0. The van der Waals surface area contributed by atoms with Gasteiger partial charge in [-0.25, -0.2) is 17.1 Å². The summed E-state index contributed by atoms with van der Waals surface area (Å²) < 4.78 is 39.5. The third kappa shape index (κ3) is 1.60. The lowest BCUT2D eigenvalue weighted by molar-refractivity contribution is -0.120. The van der Waals surface area contributed by atoms with E-state index >= 15 is 0 Å². The van der Waals surface area contributed by atoms with Crippen LogP contribution in [0.3, 0.4) is 0 Å². The molecule has 4 nitrogen and oxygen atoms in total. The van der Waals surface area contributed by atoms with Gasteiger partial charge in [-0.15, -0.1) is 0 Å². The van der Waals surface area contributed by atoms with Crippen molar-refractivity contribution >= 4 is 33.2 Å². The van der Waals surface area contributed by atoms with Gasteiger partial charge >= 0.3 is 0 Å². The van der Waals surface area contributed by atoms with Crippen molar-refractivity contribution in [1.82, 2.24) is 0 Å². The van der Waals surface area contributed by atoms with Crippen molar-refractivity contribution in [2.75, 3.05) is 4.31 Å². The molecule has 1 aromatic carbocycles. The van der Waals surface area contributed by atoms with Crippen LogP contribution >= 0.6 is 11.6 Å². The molecule has 1 heterocycles. The van der Waals surface area contributed by atoms with E-state index in [9.17, 15) is 17.6 Å². The van der Waals surface area contributed by atoms with Crippen LogP contribution in [0.2, 0.25) is 5.02 Å². The fourth-order valence-electron chi connectivity index (χ4n) is 3.77. The number of hydrogen-bond acceptors (Lipinski definition) is 3. The molecular weight excluding hydrogens is 317 g/mol. The Morgan fingerprint density at radius 1 is 1.24 bits per heavy atom. The molecule has 7 heteroatoms. The van der Waals surface area contributed by atoms with E-state index in [1.165, 1.54) is 12.1 Å². The average molecular weight is 328 g/mol. The maximum atomic E-state index is 13.2. The van der Waals surface area contributed by atoms with Crippen molar-refractivity contribution in [3.63, 3.8) is 0 Å². The van der Waals surface area contributed by atoms with Gasteiger partial charge in [0, 0.05) is 0 Å². The Kier molecular flexibility index (Phi) is 2.58. The summed E-state index contributed by atoms with van der Waals surface area (Å²) in [6, 6.07) is 3.52. The molecule has 1 amide bonds. The molecule has 2 bridgehead atoms. The normalized spacial score (nSPS) is 35.5. The number of benzene rings is 1. The van der Waals surface area contributed by atoms with E-state index in [0.717, 1.165) is 16.8 Å². The zero-order valence-electron chi connectivity index (χ0n) is 10.7. The number of carbonyl (C=O) groups is 1. The van der Waals surface area contributed by atoms with Crippen molar-refractivity contribution in [2.24, 2.45) is 17.8 Å².